The van der Waals surface area contributed by atoms with Gasteiger partial charge < -0.3 is 19.1 Å². The van der Waals surface area contributed by atoms with Gasteiger partial charge in [0, 0.05) is 37.1 Å². The van der Waals surface area contributed by atoms with E-state index < -0.39 is 0 Å². The van der Waals surface area contributed by atoms with Crippen LogP contribution in [0.1, 0.15) is 58.9 Å². The number of methoxy groups -OCH3 is 1. The van der Waals surface area contributed by atoms with E-state index in [0.717, 1.165) is 47.4 Å². The van der Waals surface area contributed by atoms with Crippen molar-refractivity contribution >= 4 is 11.8 Å². The molecule has 0 bridgehead atoms. The van der Waals surface area contributed by atoms with Crippen molar-refractivity contribution < 1.29 is 14.3 Å². The Hall–Kier alpha value is -4.32. The summed E-state index contributed by atoms with van der Waals surface area (Å²) in [5.41, 5.74) is 4.77. The molecular weight excluding hydrogens is 510 g/mol. The van der Waals surface area contributed by atoms with Crippen molar-refractivity contribution in [2.24, 2.45) is 0 Å². The molecule has 0 radical (unpaired) electrons. The minimum Gasteiger partial charge on any atom is -0.497 e. The predicted molar refractivity (Wildman–Crippen MR) is 164 cm³/mol. The minimum absolute atomic E-state index is 0.0420. The van der Waals surface area contributed by atoms with Crippen LogP contribution in [-0.2, 0) is 24.4 Å². The molecule has 41 heavy (non-hydrogen) atoms. The number of aromatic nitrogens is 1. The second-order valence-electron chi connectivity index (χ2n) is 10.5. The van der Waals surface area contributed by atoms with Crippen LogP contribution < -0.4 is 4.74 Å². The molecule has 0 fully saturated rings. The van der Waals surface area contributed by atoms with Gasteiger partial charge >= 0.3 is 0 Å². The Kier molecular flexibility index (Phi) is 10.8. The third kappa shape index (κ3) is 8.34. The Bertz CT molecular complexity index is 1410. The quantitative estimate of drug-likeness (QED) is 0.164. The minimum atomic E-state index is -0.0892. The maximum absolute atomic E-state index is 14.0. The zero-order chi connectivity index (χ0) is 29.0. The van der Waals surface area contributed by atoms with Gasteiger partial charge in [0.15, 0.2) is 0 Å². The van der Waals surface area contributed by atoms with E-state index >= 15 is 0 Å². The molecule has 2 amide bonds. The van der Waals surface area contributed by atoms with Gasteiger partial charge in [-0.05, 0) is 60.4 Å². The first-order valence-corrected chi connectivity index (χ1v) is 14.4. The van der Waals surface area contributed by atoms with Gasteiger partial charge in [0.1, 0.15) is 12.3 Å². The van der Waals surface area contributed by atoms with E-state index in [9.17, 15) is 9.59 Å². The number of carbonyl (C=O) groups excluding carboxylic acids is 2. The summed E-state index contributed by atoms with van der Waals surface area (Å²) in [4.78, 5) is 31.2. The first kappa shape index (κ1) is 29.7. The summed E-state index contributed by atoms with van der Waals surface area (Å²) in [7, 11) is 1.67. The van der Waals surface area contributed by atoms with E-state index in [0.29, 0.717) is 31.7 Å². The van der Waals surface area contributed by atoms with Crippen LogP contribution in [0.5, 0.6) is 5.75 Å². The molecule has 0 aliphatic rings. The van der Waals surface area contributed by atoms with Crippen LogP contribution >= 0.6 is 0 Å². The molecule has 6 heteroatoms. The van der Waals surface area contributed by atoms with Crippen molar-refractivity contribution in [2.45, 2.75) is 52.7 Å². The highest BCUT2D eigenvalue weighted by Gasteiger charge is 2.24. The van der Waals surface area contributed by atoms with Crippen LogP contribution in [0.4, 0.5) is 0 Å². The van der Waals surface area contributed by atoms with Gasteiger partial charge in [-0.25, -0.2) is 0 Å². The Morgan fingerprint density at radius 3 is 2.32 bits per heavy atom. The second kappa shape index (κ2) is 14.9. The average Bonchev–Trinajstić information content (AvgIpc) is 3.43. The summed E-state index contributed by atoms with van der Waals surface area (Å²) >= 11 is 0. The predicted octanol–water partition coefficient (Wildman–Crippen LogP) is 6.71. The maximum atomic E-state index is 14.0. The molecule has 0 spiro atoms. The van der Waals surface area contributed by atoms with Crippen LogP contribution in [0.15, 0.2) is 97.2 Å². The van der Waals surface area contributed by atoms with Crippen LogP contribution in [0.25, 0.3) is 0 Å². The van der Waals surface area contributed by atoms with E-state index in [1.165, 1.54) is 0 Å². The summed E-state index contributed by atoms with van der Waals surface area (Å²) < 4.78 is 7.57. The van der Waals surface area contributed by atoms with Crippen molar-refractivity contribution in [1.82, 2.24) is 14.4 Å². The molecule has 1 heterocycles. The number of unbranched alkanes of at least 4 members (excludes halogenated alkanes) is 2. The Morgan fingerprint density at radius 2 is 1.56 bits per heavy atom. The van der Waals surface area contributed by atoms with E-state index in [2.05, 4.69) is 23.6 Å². The highest BCUT2D eigenvalue weighted by Crippen LogP contribution is 2.18. The van der Waals surface area contributed by atoms with Gasteiger partial charge in [0.2, 0.25) is 5.91 Å². The summed E-state index contributed by atoms with van der Waals surface area (Å²) in [5.74, 6) is 0.661. The number of rotatable bonds is 14. The first-order chi connectivity index (χ1) is 20.0. The molecule has 1 aromatic heterocycles. The molecular formula is C35H41N3O3. The molecule has 0 aliphatic carbocycles. The number of carbonyl (C=O) groups is 2. The number of nitrogens with zero attached hydrogens (tertiary/aromatic N) is 3. The molecule has 0 atom stereocenters. The summed E-state index contributed by atoms with van der Waals surface area (Å²) in [5, 5.41) is 0. The van der Waals surface area contributed by atoms with Crippen LogP contribution in [0, 0.1) is 6.92 Å². The molecule has 0 saturated carbocycles. The van der Waals surface area contributed by atoms with Crippen molar-refractivity contribution in [3.8, 4) is 5.75 Å². The number of ether oxygens (including phenoxy) is 1. The molecule has 4 aromatic rings. The molecule has 0 N–H and O–H groups in total. The van der Waals surface area contributed by atoms with Crippen molar-refractivity contribution in [2.75, 3.05) is 20.2 Å². The monoisotopic (exact) mass is 551 g/mol. The lowest BCUT2D eigenvalue weighted by molar-refractivity contribution is -0.133. The van der Waals surface area contributed by atoms with Gasteiger partial charge in [-0.15, -0.1) is 0 Å². The van der Waals surface area contributed by atoms with Gasteiger partial charge in [-0.3, -0.25) is 9.59 Å². The number of aryl methyl sites for hydroxylation is 1. The molecule has 214 valence electrons. The lowest BCUT2D eigenvalue weighted by Crippen LogP contribution is -2.43. The Morgan fingerprint density at radius 1 is 0.805 bits per heavy atom. The van der Waals surface area contributed by atoms with Gasteiger partial charge in [-0.2, -0.15) is 0 Å². The fourth-order valence-corrected chi connectivity index (χ4v) is 5.00. The number of amides is 2. The average molecular weight is 552 g/mol. The van der Waals surface area contributed by atoms with E-state index in [1.54, 1.807) is 12.0 Å². The SMILES string of the molecule is CCCCCN(CC(=O)N(Cc1ccccc1)Cc1cccn1Cc1cccc(OC)c1)C(=O)c1ccccc1C. The molecule has 0 aliphatic heterocycles. The van der Waals surface area contributed by atoms with Gasteiger partial charge in [-0.1, -0.05) is 80.4 Å². The normalized spacial score (nSPS) is 10.8. The summed E-state index contributed by atoms with van der Waals surface area (Å²) in [6.45, 7) is 6.25. The van der Waals surface area contributed by atoms with Crippen molar-refractivity contribution in [3.05, 3.63) is 125 Å². The summed E-state index contributed by atoms with van der Waals surface area (Å²) in [6, 6.07) is 29.7. The Labute approximate surface area is 244 Å². The third-order valence-corrected chi connectivity index (χ3v) is 7.35. The lowest BCUT2D eigenvalue weighted by atomic mass is 10.1. The molecule has 6 nitrogen and oxygen atoms in total. The third-order valence-electron chi connectivity index (χ3n) is 7.35. The van der Waals surface area contributed by atoms with Crippen LogP contribution in [-0.4, -0.2) is 46.4 Å². The van der Waals surface area contributed by atoms with Crippen molar-refractivity contribution in [1.29, 1.82) is 0 Å². The van der Waals surface area contributed by atoms with Gasteiger partial charge in [0.05, 0.1) is 13.7 Å². The Balaban J connectivity index is 1.57. The molecule has 3 aromatic carbocycles. The molecule has 0 saturated heterocycles. The molecule has 0 unspecified atom stereocenters. The molecule has 4 rings (SSSR count). The van der Waals surface area contributed by atoms with E-state index in [-0.39, 0.29) is 18.4 Å². The van der Waals surface area contributed by atoms with Crippen LogP contribution in [0.3, 0.4) is 0 Å². The number of benzene rings is 3. The van der Waals surface area contributed by atoms with E-state index in [1.807, 2.05) is 96.9 Å². The first-order valence-electron chi connectivity index (χ1n) is 14.4. The topological polar surface area (TPSA) is 54.8 Å². The fraction of sp³-hybridized carbons (Fsp3) is 0.314. The fourth-order valence-electron chi connectivity index (χ4n) is 5.00. The zero-order valence-corrected chi connectivity index (χ0v) is 24.5. The standard InChI is InChI=1S/C35H41N3O3/c1-4-5-11-21-37(35(40)33-20-10-9-14-28(33)2)27-34(39)38(24-29-15-7-6-8-16-29)26-31-18-13-22-36(31)25-30-17-12-19-32(23-30)41-3/h6-10,12-20,22-23H,4-5,11,21,24-27H2,1-3H3. The zero-order valence-electron chi connectivity index (χ0n) is 24.5. The maximum Gasteiger partial charge on any atom is 0.254 e. The van der Waals surface area contributed by atoms with Crippen LogP contribution in [0.2, 0.25) is 0 Å². The lowest BCUT2D eigenvalue weighted by Gasteiger charge is -2.29. The largest absolute Gasteiger partial charge is 0.497 e. The second-order valence-corrected chi connectivity index (χ2v) is 10.5. The summed E-state index contributed by atoms with van der Waals surface area (Å²) in [6.07, 6.45) is 4.96. The smallest absolute Gasteiger partial charge is 0.254 e. The number of hydrogen-bond donors (Lipinski definition) is 0. The highest BCUT2D eigenvalue weighted by molar-refractivity contribution is 5.97. The highest BCUT2D eigenvalue weighted by atomic mass is 16.5. The number of hydrogen-bond acceptors (Lipinski definition) is 3. The van der Waals surface area contributed by atoms with Gasteiger partial charge in [0.25, 0.3) is 5.91 Å². The van der Waals surface area contributed by atoms with E-state index in [4.69, 9.17) is 4.74 Å². The van der Waals surface area contributed by atoms with Crippen molar-refractivity contribution in [3.63, 3.8) is 0 Å².